The molecule has 0 bridgehead atoms. The van der Waals surface area contributed by atoms with E-state index < -0.39 is 5.91 Å². The fourth-order valence-electron chi connectivity index (χ4n) is 1.74. The van der Waals surface area contributed by atoms with Gasteiger partial charge in [-0.05, 0) is 49.7 Å². The quantitative estimate of drug-likeness (QED) is 0.888. The van der Waals surface area contributed by atoms with Crippen LogP contribution in [0, 0.1) is 13.8 Å². The molecule has 98 valence electrons. The van der Waals surface area contributed by atoms with E-state index in [0.717, 1.165) is 5.56 Å². The zero-order valence-corrected chi connectivity index (χ0v) is 10.8. The largest absolute Gasteiger partial charge is 0.508 e. The number of nitrogens with two attached hydrogens (primary N) is 1. The van der Waals surface area contributed by atoms with E-state index in [1.807, 2.05) is 13.0 Å². The molecule has 0 unspecified atom stereocenters. The summed E-state index contributed by atoms with van der Waals surface area (Å²) >= 11 is 0. The highest BCUT2D eigenvalue weighted by Crippen LogP contribution is 2.29. The van der Waals surface area contributed by atoms with Crippen molar-refractivity contribution in [2.24, 2.45) is 5.73 Å². The van der Waals surface area contributed by atoms with Crippen molar-refractivity contribution in [2.45, 2.75) is 13.8 Å². The van der Waals surface area contributed by atoms with E-state index >= 15 is 0 Å². The van der Waals surface area contributed by atoms with Gasteiger partial charge in [0.1, 0.15) is 17.2 Å². The molecule has 0 aliphatic heterocycles. The van der Waals surface area contributed by atoms with E-state index in [1.54, 1.807) is 37.3 Å². The standard InChI is InChI=1S/C15H15NO3/c1-9-3-6-14(12(7-9)15(16)18)19-11-4-5-13(17)10(2)8-11/h3-8,17H,1-2H3,(H2,16,18). The van der Waals surface area contributed by atoms with Gasteiger partial charge in [-0.1, -0.05) is 11.6 Å². The minimum atomic E-state index is -0.533. The molecule has 0 saturated carbocycles. The lowest BCUT2D eigenvalue weighted by Gasteiger charge is -2.11. The summed E-state index contributed by atoms with van der Waals surface area (Å²) in [7, 11) is 0. The summed E-state index contributed by atoms with van der Waals surface area (Å²) in [4.78, 5) is 11.4. The van der Waals surface area contributed by atoms with Gasteiger partial charge in [-0.15, -0.1) is 0 Å². The zero-order chi connectivity index (χ0) is 14.0. The molecule has 0 aromatic heterocycles. The van der Waals surface area contributed by atoms with Crippen LogP contribution in [0.15, 0.2) is 36.4 Å². The highest BCUT2D eigenvalue weighted by molar-refractivity contribution is 5.95. The summed E-state index contributed by atoms with van der Waals surface area (Å²) in [5.41, 5.74) is 7.30. The molecule has 2 rings (SSSR count). The number of phenols is 1. The van der Waals surface area contributed by atoms with E-state index in [9.17, 15) is 9.90 Å². The smallest absolute Gasteiger partial charge is 0.252 e. The topological polar surface area (TPSA) is 72.6 Å². The first kappa shape index (κ1) is 13.0. The van der Waals surface area contributed by atoms with Gasteiger partial charge in [-0.25, -0.2) is 0 Å². The van der Waals surface area contributed by atoms with Crippen LogP contribution < -0.4 is 10.5 Å². The molecule has 1 amide bonds. The van der Waals surface area contributed by atoms with Gasteiger partial charge in [0, 0.05) is 0 Å². The van der Waals surface area contributed by atoms with Crippen LogP contribution >= 0.6 is 0 Å². The Hall–Kier alpha value is -2.49. The molecular formula is C15H15NO3. The molecule has 0 radical (unpaired) electrons. The summed E-state index contributed by atoms with van der Waals surface area (Å²) in [5, 5.41) is 9.46. The van der Waals surface area contributed by atoms with Gasteiger partial charge in [-0.2, -0.15) is 0 Å². The third-order valence-electron chi connectivity index (χ3n) is 2.80. The van der Waals surface area contributed by atoms with E-state index in [4.69, 9.17) is 10.5 Å². The fourth-order valence-corrected chi connectivity index (χ4v) is 1.74. The SMILES string of the molecule is Cc1ccc(Oc2ccc(O)c(C)c2)c(C(N)=O)c1. The summed E-state index contributed by atoms with van der Waals surface area (Å²) in [6, 6.07) is 10.1. The number of primary amides is 1. The maximum absolute atomic E-state index is 11.4. The molecule has 0 aliphatic rings. The van der Waals surface area contributed by atoms with E-state index in [2.05, 4.69) is 0 Å². The van der Waals surface area contributed by atoms with Crippen molar-refractivity contribution in [3.8, 4) is 17.2 Å². The second-order valence-corrected chi connectivity index (χ2v) is 4.41. The number of hydrogen-bond donors (Lipinski definition) is 2. The molecule has 4 nitrogen and oxygen atoms in total. The van der Waals surface area contributed by atoms with Crippen LogP contribution in [0.25, 0.3) is 0 Å². The predicted octanol–water partition coefficient (Wildman–Crippen LogP) is 2.90. The summed E-state index contributed by atoms with van der Waals surface area (Å²) in [6.45, 7) is 3.65. The van der Waals surface area contributed by atoms with Gasteiger partial charge in [0.2, 0.25) is 0 Å². The number of aryl methyl sites for hydroxylation is 2. The normalized spacial score (nSPS) is 10.2. The van der Waals surface area contributed by atoms with Gasteiger partial charge in [0.25, 0.3) is 5.91 Å². The van der Waals surface area contributed by atoms with Crippen molar-refractivity contribution in [3.63, 3.8) is 0 Å². The van der Waals surface area contributed by atoms with Crippen molar-refractivity contribution in [1.29, 1.82) is 0 Å². The predicted molar refractivity (Wildman–Crippen MR) is 72.6 cm³/mol. The lowest BCUT2D eigenvalue weighted by Crippen LogP contribution is -2.12. The van der Waals surface area contributed by atoms with Crippen LogP contribution in [0.5, 0.6) is 17.2 Å². The molecule has 0 spiro atoms. The summed E-state index contributed by atoms with van der Waals surface area (Å²) in [6.07, 6.45) is 0. The molecular weight excluding hydrogens is 242 g/mol. The van der Waals surface area contributed by atoms with Gasteiger partial charge < -0.3 is 15.6 Å². The van der Waals surface area contributed by atoms with Crippen molar-refractivity contribution < 1.29 is 14.6 Å². The Morgan fingerprint density at radius 3 is 2.53 bits per heavy atom. The van der Waals surface area contributed by atoms with Gasteiger partial charge in [-0.3, -0.25) is 4.79 Å². The Balaban J connectivity index is 2.37. The number of hydrogen-bond acceptors (Lipinski definition) is 3. The minimum absolute atomic E-state index is 0.200. The number of rotatable bonds is 3. The number of amides is 1. The van der Waals surface area contributed by atoms with E-state index in [1.165, 1.54) is 0 Å². The highest BCUT2D eigenvalue weighted by Gasteiger charge is 2.11. The molecule has 0 aliphatic carbocycles. The summed E-state index contributed by atoms with van der Waals surface area (Å²) < 4.78 is 5.65. The Morgan fingerprint density at radius 1 is 1.16 bits per heavy atom. The fraction of sp³-hybridized carbons (Fsp3) is 0.133. The number of aromatic hydroxyl groups is 1. The molecule has 0 fully saturated rings. The average Bonchev–Trinajstić information content (AvgIpc) is 2.36. The maximum atomic E-state index is 11.4. The van der Waals surface area contributed by atoms with Crippen LogP contribution in [-0.4, -0.2) is 11.0 Å². The molecule has 4 heteroatoms. The molecule has 2 aromatic rings. The van der Waals surface area contributed by atoms with E-state index in [0.29, 0.717) is 22.6 Å². The molecule has 0 atom stereocenters. The highest BCUT2D eigenvalue weighted by atomic mass is 16.5. The van der Waals surface area contributed by atoms with E-state index in [-0.39, 0.29) is 5.75 Å². The van der Waals surface area contributed by atoms with Crippen LogP contribution in [0.2, 0.25) is 0 Å². The minimum Gasteiger partial charge on any atom is -0.508 e. The average molecular weight is 257 g/mol. The second-order valence-electron chi connectivity index (χ2n) is 4.41. The third kappa shape index (κ3) is 2.85. The lowest BCUT2D eigenvalue weighted by molar-refractivity contribution is 0.0998. The van der Waals surface area contributed by atoms with Gasteiger partial charge in [0.15, 0.2) is 0 Å². The number of carbonyl (C=O) groups excluding carboxylic acids is 1. The zero-order valence-electron chi connectivity index (χ0n) is 10.8. The van der Waals surface area contributed by atoms with Crippen molar-refractivity contribution in [2.75, 3.05) is 0 Å². The van der Waals surface area contributed by atoms with Crippen LogP contribution in [0.3, 0.4) is 0 Å². The molecule has 19 heavy (non-hydrogen) atoms. The molecule has 3 N–H and O–H groups in total. The molecule has 0 heterocycles. The van der Waals surface area contributed by atoms with Gasteiger partial charge >= 0.3 is 0 Å². The lowest BCUT2D eigenvalue weighted by atomic mass is 10.1. The number of ether oxygens (including phenoxy) is 1. The Morgan fingerprint density at radius 2 is 1.89 bits per heavy atom. The first-order chi connectivity index (χ1) is 8.97. The number of carbonyl (C=O) groups is 1. The first-order valence-electron chi connectivity index (χ1n) is 5.85. The molecule has 0 saturated heterocycles. The van der Waals surface area contributed by atoms with Crippen LogP contribution in [0.4, 0.5) is 0 Å². The summed E-state index contributed by atoms with van der Waals surface area (Å²) in [5.74, 6) is 0.616. The van der Waals surface area contributed by atoms with Crippen molar-refractivity contribution >= 4 is 5.91 Å². The second kappa shape index (κ2) is 5.02. The first-order valence-corrected chi connectivity index (χ1v) is 5.85. The monoisotopic (exact) mass is 257 g/mol. The Kier molecular flexibility index (Phi) is 3.42. The van der Waals surface area contributed by atoms with Crippen molar-refractivity contribution in [3.05, 3.63) is 53.1 Å². The van der Waals surface area contributed by atoms with Gasteiger partial charge in [0.05, 0.1) is 5.56 Å². The van der Waals surface area contributed by atoms with Crippen molar-refractivity contribution in [1.82, 2.24) is 0 Å². The van der Waals surface area contributed by atoms with Crippen LogP contribution in [-0.2, 0) is 0 Å². The third-order valence-corrected chi connectivity index (χ3v) is 2.80. The van der Waals surface area contributed by atoms with Crippen LogP contribution in [0.1, 0.15) is 21.5 Å². The number of benzene rings is 2. The Bertz CT molecular complexity index is 635. The number of phenolic OH excluding ortho intramolecular Hbond substituents is 1. The molecule has 2 aromatic carbocycles. The maximum Gasteiger partial charge on any atom is 0.252 e. The Labute approximate surface area is 111 Å².